The molecule has 0 aliphatic rings. The minimum Gasteiger partial charge on any atom is -0.466 e. The molecule has 0 radical (unpaired) electrons. The highest BCUT2D eigenvalue weighted by Crippen LogP contribution is 2.20. The van der Waals surface area contributed by atoms with Crippen LogP contribution in [-0.2, 0) is 9.53 Å². The topological polar surface area (TPSA) is 55.6 Å². The Labute approximate surface area is 115 Å². The fourth-order valence-corrected chi connectivity index (χ4v) is 2.04. The summed E-state index contributed by atoms with van der Waals surface area (Å²) < 4.78 is 4.90. The summed E-state index contributed by atoms with van der Waals surface area (Å²) in [4.78, 5) is 13.6. The van der Waals surface area contributed by atoms with Crippen LogP contribution in [0.1, 0.15) is 38.8 Å². The van der Waals surface area contributed by atoms with Crippen LogP contribution < -0.4 is 10.6 Å². The summed E-state index contributed by atoms with van der Waals surface area (Å²) in [5, 5.41) is 0. The van der Waals surface area contributed by atoms with Crippen LogP contribution in [0.25, 0.3) is 0 Å². The van der Waals surface area contributed by atoms with Gasteiger partial charge in [-0.05, 0) is 38.5 Å². The smallest absolute Gasteiger partial charge is 0.307 e. The first kappa shape index (κ1) is 15.5. The summed E-state index contributed by atoms with van der Waals surface area (Å²) in [6.07, 6.45) is 0.221. The van der Waals surface area contributed by atoms with Crippen molar-refractivity contribution in [2.75, 3.05) is 24.6 Å². The molecule has 4 heteroatoms. The molecule has 0 bridgehead atoms. The molecule has 0 unspecified atom stereocenters. The van der Waals surface area contributed by atoms with Crippen molar-refractivity contribution in [2.45, 2.75) is 33.2 Å². The van der Waals surface area contributed by atoms with Gasteiger partial charge in [0.25, 0.3) is 0 Å². The van der Waals surface area contributed by atoms with Crippen molar-refractivity contribution in [2.24, 2.45) is 5.73 Å². The molecule has 0 amide bonds. The maximum absolute atomic E-state index is 11.4. The monoisotopic (exact) mass is 264 g/mol. The number of anilines is 1. The largest absolute Gasteiger partial charge is 0.466 e. The van der Waals surface area contributed by atoms with Crippen molar-refractivity contribution >= 4 is 11.7 Å². The lowest BCUT2D eigenvalue weighted by Crippen LogP contribution is -2.22. The zero-order valence-electron chi connectivity index (χ0n) is 12.1. The van der Waals surface area contributed by atoms with Crippen LogP contribution in [0.3, 0.4) is 0 Å². The zero-order valence-corrected chi connectivity index (χ0v) is 12.1. The summed E-state index contributed by atoms with van der Waals surface area (Å²) in [5.41, 5.74) is 8.14. The Balaban J connectivity index is 2.67. The molecule has 0 fully saturated rings. The van der Waals surface area contributed by atoms with Gasteiger partial charge < -0.3 is 15.4 Å². The molecule has 19 heavy (non-hydrogen) atoms. The highest BCUT2D eigenvalue weighted by Gasteiger charge is 2.12. The maximum atomic E-state index is 11.4. The highest BCUT2D eigenvalue weighted by atomic mass is 16.5. The minimum absolute atomic E-state index is 0.221. The normalized spacial score (nSPS) is 12.0. The van der Waals surface area contributed by atoms with Crippen molar-refractivity contribution in [3.8, 4) is 0 Å². The molecule has 0 aliphatic heterocycles. The zero-order chi connectivity index (χ0) is 14.3. The van der Waals surface area contributed by atoms with Crippen molar-refractivity contribution in [3.05, 3.63) is 29.8 Å². The average Bonchev–Trinajstić information content (AvgIpc) is 2.41. The van der Waals surface area contributed by atoms with E-state index in [1.165, 1.54) is 5.69 Å². The summed E-state index contributed by atoms with van der Waals surface area (Å²) in [5.74, 6) is -0.247. The van der Waals surface area contributed by atoms with E-state index in [1.807, 2.05) is 24.3 Å². The van der Waals surface area contributed by atoms with Gasteiger partial charge in [-0.15, -0.1) is 0 Å². The molecule has 0 aliphatic carbocycles. The van der Waals surface area contributed by atoms with E-state index in [0.29, 0.717) is 6.61 Å². The third-order valence-corrected chi connectivity index (χ3v) is 3.14. The van der Waals surface area contributed by atoms with Gasteiger partial charge in [0, 0.05) is 24.8 Å². The van der Waals surface area contributed by atoms with Crippen molar-refractivity contribution in [3.63, 3.8) is 0 Å². The Bertz CT molecular complexity index is 386. The standard InChI is InChI=1S/C15H24N2O2/c1-4-17(5-2)13-9-7-12(8-10-13)14(16)11-15(18)19-6-3/h7-10,14H,4-6,11,16H2,1-3H3/t14-/m1/s1. The van der Waals surface area contributed by atoms with Gasteiger partial charge in [0.05, 0.1) is 13.0 Å². The van der Waals surface area contributed by atoms with E-state index in [0.717, 1.165) is 18.7 Å². The molecule has 1 atom stereocenters. The number of nitrogens with zero attached hydrogens (tertiary/aromatic N) is 1. The number of benzene rings is 1. The van der Waals surface area contributed by atoms with Gasteiger partial charge in [0.15, 0.2) is 0 Å². The molecular weight excluding hydrogens is 240 g/mol. The van der Waals surface area contributed by atoms with Gasteiger partial charge in [-0.25, -0.2) is 0 Å². The van der Waals surface area contributed by atoms with Crippen LogP contribution in [-0.4, -0.2) is 25.7 Å². The molecule has 4 nitrogen and oxygen atoms in total. The molecule has 1 aromatic rings. The van der Waals surface area contributed by atoms with Crippen LogP contribution in [0.15, 0.2) is 24.3 Å². The van der Waals surface area contributed by atoms with Gasteiger partial charge in [-0.1, -0.05) is 12.1 Å². The Hall–Kier alpha value is -1.55. The minimum atomic E-state index is -0.301. The van der Waals surface area contributed by atoms with Crippen molar-refractivity contribution in [1.29, 1.82) is 0 Å². The predicted octanol–water partition coefficient (Wildman–Crippen LogP) is 2.49. The summed E-state index contributed by atoms with van der Waals surface area (Å²) >= 11 is 0. The Kier molecular flexibility index (Phi) is 6.36. The van der Waals surface area contributed by atoms with Gasteiger partial charge in [0.2, 0.25) is 0 Å². The van der Waals surface area contributed by atoms with E-state index in [9.17, 15) is 4.79 Å². The first-order valence-corrected chi connectivity index (χ1v) is 6.88. The van der Waals surface area contributed by atoms with Crippen LogP contribution in [0.5, 0.6) is 0 Å². The number of carbonyl (C=O) groups excluding carboxylic acids is 1. The number of carbonyl (C=O) groups is 1. The second-order valence-electron chi connectivity index (χ2n) is 4.38. The third kappa shape index (κ3) is 4.56. The first-order valence-electron chi connectivity index (χ1n) is 6.88. The van der Waals surface area contributed by atoms with Crippen LogP contribution in [0, 0.1) is 0 Å². The summed E-state index contributed by atoms with van der Waals surface area (Å²) in [6.45, 7) is 8.40. The molecule has 0 heterocycles. The second kappa shape index (κ2) is 7.79. The highest BCUT2D eigenvalue weighted by molar-refractivity contribution is 5.70. The van der Waals surface area contributed by atoms with E-state index in [2.05, 4.69) is 18.7 Å². The van der Waals surface area contributed by atoms with Crippen molar-refractivity contribution < 1.29 is 9.53 Å². The molecule has 1 rings (SSSR count). The first-order chi connectivity index (χ1) is 9.12. The van der Waals surface area contributed by atoms with E-state index in [4.69, 9.17) is 10.5 Å². The van der Waals surface area contributed by atoms with Gasteiger partial charge in [-0.2, -0.15) is 0 Å². The van der Waals surface area contributed by atoms with Gasteiger partial charge in [-0.3, -0.25) is 4.79 Å². The lowest BCUT2D eigenvalue weighted by atomic mass is 10.0. The third-order valence-electron chi connectivity index (χ3n) is 3.14. The fraction of sp³-hybridized carbons (Fsp3) is 0.533. The molecule has 2 N–H and O–H groups in total. The molecular formula is C15H24N2O2. The Morgan fingerprint density at radius 2 is 1.79 bits per heavy atom. The van der Waals surface area contributed by atoms with Crippen LogP contribution in [0.4, 0.5) is 5.69 Å². The molecule has 106 valence electrons. The lowest BCUT2D eigenvalue weighted by molar-refractivity contribution is -0.143. The lowest BCUT2D eigenvalue weighted by Gasteiger charge is -2.21. The van der Waals surface area contributed by atoms with E-state index < -0.39 is 0 Å². The van der Waals surface area contributed by atoms with Crippen LogP contribution >= 0.6 is 0 Å². The Morgan fingerprint density at radius 3 is 2.26 bits per heavy atom. The molecule has 0 spiro atoms. The fourth-order valence-electron chi connectivity index (χ4n) is 2.04. The van der Waals surface area contributed by atoms with Gasteiger partial charge in [0.1, 0.15) is 0 Å². The molecule has 0 saturated carbocycles. The molecule has 1 aromatic carbocycles. The summed E-state index contributed by atoms with van der Waals surface area (Å²) in [7, 11) is 0. The molecule has 0 aromatic heterocycles. The molecule has 0 saturated heterocycles. The number of rotatable bonds is 7. The number of hydrogen-bond donors (Lipinski definition) is 1. The SMILES string of the molecule is CCOC(=O)C[C@@H](N)c1ccc(N(CC)CC)cc1. The number of hydrogen-bond acceptors (Lipinski definition) is 4. The van der Waals surface area contributed by atoms with Crippen molar-refractivity contribution in [1.82, 2.24) is 0 Å². The average molecular weight is 264 g/mol. The maximum Gasteiger partial charge on any atom is 0.307 e. The van der Waals surface area contributed by atoms with Crippen LogP contribution in [0.2, 0.25) is 0 Å². The van der Waals surface area contributed by atoms with E-state index >= 15 is 0 Å². The Morgan fingerprint density at radius 1 is 1.21 bits per heavy atom. The summed E-state index contributed by atoms with van der Waals surface area (Å²) in [6, 6.07) is 7.76. The quantitative estimate of drug-likeness (QED) is 0.769. The van der Waals surface area contributed by atoms with E-state index in [1.54, 1.807) is 6.92 Å². The number of nitrogens with two attached hydrogens (primary N) is 1. The number of ether oxygens (including phenoxy) is 1. The number of esters is 1. The second-order valence-corrected chi connectivity index (χ2v) is 4.38. The predicted molar refractivity (Wildman–Crippen MR) is 78.2 cm³/mol. The van der Waals surface area contributed by atoms with Gasteiger partial charge >= 0.3 is 5.97 Å². The van der Waals surface area contributed by atoms with E-state index in [-0.39, 0.29) is 18.4 Å².